The lowest BCUT2D eigenvalue weighted by Crippen LogP contribution is -2.45. The van der Waals surface area contributed by atoms with Crippen molar-refractivity contribution in [3.05, 3.63) is 97.2 Å². The Labute approximate surface area is 392 Å². The van der Waals surface area contributed by atoms with Crippen molar-refractivity contribution < 1.29 is 15.0 Å². The Bertz CT molecular complexity index is 1170. The van der Waals surface area contributed by atoms with Crippen LogP contribution in [0.3, 0.4) is 0 Å². The van der Waals surface area contributed by atoms with Gasteiger partial charge < -0.3 is 15.5 Å². The smallest absolute Gasteiger partial charge is 0.220 e. The standard InChI is InChI=1S/C59H103NO3/c1-3-5-7-9-11-13-15-17-19-21-23-25-26-27-28-29-30-31-32-33-35-36-38-40-42-44-46-48-50-52-54-58(62)57(56-61)60-59(63)55-53-51-49-47-45-43-41-39-37-34-24-22-20-18-16-14-12-10-8-6-4-2/h6,8,12,14,18,20,24,34,39,41,44-47,52,54,57-58,61-62H,3-5,7,9-11,13,15-17,19,21-23,25-33,35-38,40,42-43,48-51,53,55-56H2,1-2H3,(H,60,63)/b8-6-,14-12-,20-18-,34-24-,41-39-,46-44+,47-45-,54-52+. The molecule has 0 fully saturated rings. The van der Waals surface area contributed by atoms with Crippen LogP contribution in [0.4, 0.5) is 0 Å². The fourth-order valence-corrected chi connectivity index (χ4v) is 7.73. The van der Waals surface area contributed by atoms with E-state index in [1.807, 2.05) is 6.08 Å². The number of carbonyl (C=O) groups excluding carboxylic acids is 1. The van der Waals surface area contributed by atoms with Crippen molar-refractivity contribution in [2.75, 3.05) is 6.61 Å². The second kappa shape index (κ2) is 53.6. The molecule has 0 bridgehead atoms. The molecule has 0 heterocycles. The van der Waals surface area contributed by atoms with Crippen LogP contribution >= 0.6 is 0 Å². The highest BCUT2D eigenvalue weighted by Gasteiger charge is 2.17. The Morgan fingerprint density at radius 2 is 0.714 bits per heavy atom. The van der Waals surface area contributed by atoms with Gasteiger partial charge in [-0.15, -0.1) is 0 Å². The lowest BCUT2D eigenvalue weighted by molar-refractivity contribution is -0.123. The van der Waals surface area contributed by atoms with Gasteiger partial charge in [0.2, 0.25) is 5.91 Å². The molecule has 0 aromatic carbocycles. The quantitative estimate of drug-likeness (QED) is 0.0421. The number of hydrogen-bond donors (Lipinski definition) is 3. The molecule has 2 unspecified atom stereocenters. The van der Waals surface area contributed by atoms with Gasteiger partial charge in [-0.1, -0.05) is 259 Å². The zero-order valence-electron chi connectivity index (χ0n) is 41.6. The minimum Gasteiger partial charge on any atom is -0.394 e. The molecule has 0 saturated carbocycles. The molecule has 0 aromatic rings. The molecular formula is C59H103NO3. The minimum atomic E-state index is -0.888. The van der Waals surface area contributed by atoms with Gasteiger partial charge >= 0.3 is 0 Å². The zero-order chi connectivity index (χ0) is 45.6. The fourth-order valence-electron chi connectivity index (χ4n) is 7.73. The van der Waals surface area contributed by atoms with Gasteiger partial charge in [-0.3, -0.25) is 4.79 Å². The van der Waals surface area contributed by atoms with E-state index >= 15 is 0 Å². The molecule has 63 heavy (non-hydrogen) atoms. The van der Waals surface area contributed by atoms with Gasteiger partial charge in [0.05, 0.1) is 18.8 Å². The first kappa shape index (κ1) is 60.3. The first-order chi connectivity index (χ1) is 31.2. The van der Waals surface area contributed by atoms with Gasteiger partial charge in [-0.2, -0.15) is 0 Å². The summed E-state index contributed by atoms with van der Waals surface area (Å²) in [6, 6.07) is -0.670. The Morgan fingerprint density at radius 3 is 1.11 bits per heavy atom. The number of allylic oxidation sites excluding steroid dienone is 15. The molecule has 0 aliphatic rings. The summed E-state index contributed by atoms with van der Waals surface area (Å²) < 4.78 is 0. The largest absolute Gasteiger partial charge is 0.394 e. The minimum absolute atomic E-state index is 0.118. The lowest BCUT2D eigenvalue weighted by atomic mass is 10.0. The van der Waals surface area contributed by atoms with Crippen molar-refractivity contribution in [1.82, 2.24) is 5.32 Å². The predicted molar refractivity (Wildman–Crippen MR) is 280 cm³/mol. The van der Waals surface area contributed by atoms with E-state index in [9.17, 15) is 15.0 Å². The maximum absolute atomic E-state index is 12.4. The van der Waals surface area contributed by atoms with E-state index < -0.39 is 12.1 Å². The van der Waals surface area contributed by atoms with E-state index in [1.165, 1.54) is 154 Å². The van der Waals surface area contributed by atoms with Gasteiger partial charge in [0.15, 0.2) is 0 Å². The molecule has 0 saturated heterocycles. The molecule has 0 aromatic heterocycles. The number of amides is 1. The molecule has 3 N–H and O–H groups in total. The van der Waals surface area contributed by atoms with E-state index in [-0.39, 0.29) is 12.5 Å². The van der Waals surface area contributed by atoms with Crippen molar-refractivity contribution >= 4 is 5.91 Å². The number of carbonyl (C=O) groups is 1. The van der Waals surface area contributed by atoms with Gasteiger partial charge in [-0.05, 0) is 83.5 Å². The average molecular weight is 874 g/mol. The third-order valence-electron chi connectivity index (χ3n) is 11.8. The molecule has 0 rings (SSSR count). The first-order valence-corrected chi connectivity index (χ1v) is 27.0. The van der Waals surface area contributed by atoms with Crippen molar-refractivity contribution in [2.24, 2.45) is 0 Å². The molecule has 4 heteroatoms. The molecule has 0 aliphatic carbocycles. The normalized spacial score (nSPS) is 13.7. The van der Waals surface area contributed by atoms with Gasteiger partial charge in [-0.25, -0.2) is 0 Å². The number of aliphatic hydroxyl groups excluding tert-OH is 2. The van der Waals surface area contributed by atoms with Crippen LogP contribution in [0.1, 0.15) is 251 Å². The Hall–Kier alpha value is -2.69. The summed E-state index contributed by atoms with van der Waals surface area (Å²) in [7, 11) is 0. The number of nitrogens with one attached hydrogen (secondary N) is 1. The van der Waals surface area contributed by atoms with Gasteiger partial charge in [0.25, 0.3) is 0 Å². The Kier molecular flexibility index (Phi) is 51.4. The van der Waals surface area contributed by atoms with Crippen LogP contribution in [0.2, 0.25) is 0 Å². The summed E-state index contributed by atoms with van der Waals surface area (Å²) in [5.41, 5.74) is 0. The monoisotopic (exact) mass is 874 g/mol. The summed E-state index contributed by atoms with van der Waals surface area (Å²) in [5, 5.41) is 23.1. The second-order valence-electron chi connectivity index (χ2n) is 17.9. The van der Waals surface area contributed by atoms with E-state index in [0.717, 1.165) is 77.0 Å². The highest BCUT2D eigenvalue weighted by atomic mass is 16.3. The number of unbranched alkanes of at least 4 members (excludes halogenated alkanes) is 27. The molecule has 362 valence electrons. The molecular weight excluding hydrogens is 771 g/mol. The molecule has 0 aliphatic heterocycles. The lowest BCUT2D eigenvalue weighted by Gasteiger charge is -2.19. The highest BCUT2D eigenvalue weighted by molar-refractivity contribution is 5.76. The molecule has 0 spiro atoms. The van der Waals surface area contributed by atoms with E-state index in [2.05, 4.69) is 104 Å². The first-order valence-electron chi connectivity index (χ1n) is 27.0. The summed E-state index contributed by atoms with van der Waals surface area (Å²) in [6.45, 7) is 4.17. The topological polar surface area (TPSA) is 69.6 Å². The van der Waals surface area contributed by atoms with E-state index in [1.54, 1.807) is 6.08 Å². The summed E-state index contributed by atoms with van der Waals surface area (Å²) in [5.74, 6) is -0.118. The maximum atomic E-state index is 12.4. The van der Waals surface area contributed by atoms with Crippen LogP contribution < -0.4 is 5.32 Å². The van der Waals surface area contributed by atoms with Crippen LogP contribution in [0, 0.1) is 0 Å². The summed E-state index contributed by atoms with van der Waals surface area (Å²) in [6.07, 6.45) is 80.0. The van der Waals surface area contributed by atoms with Crippen molar-refractivity contribution in [2.45, 2.75) is 264 Å². The van der Waals surface area contributed by atoms with Crippen LogP contribution in [0.15, 0.2) is 97.2 Å². The van der Waals surface area contributed by atoms with Crippen LogP contribution in [-0.4, -0.2) is 34.9 Å². The maximum Gasteiger partial charge on any atom is 0.220 e. The highest BCUT2D eigenvalue weighted by Crippen LogP contribution is 2.16. The van der Waals surface area contributed by atoms with E-state index in [4.69, 9.17) is 0 Å². The van der Waals surface area contributed by atoms with Crippen molar-refractivity contribution in [3.63, 3.8) is 0 Å². The van der Waals surface area contributed by atoms with Crippen LogP contribution in [-0.2, 0) is 4.79 Å². The van der Waals surface area contributed by atoms with Crippen molar-refractivity contribution in [3.8, 4) is 0 Å². The third kappa shape index (κ3) is 50.2. The van der Waals surface area contributed by atoms with Gasteiger partial charge in [0.1, 0.15) is 0 Å². The SMILES string of the molecule is CC/C=C\C/C=C\C/C=C\C/C=C\C/C=C\C/C=C\CCCCC(=O)NC(CO)C(O)/C=C/CC/C=C/CCCCCCCCCCCCCCCCCCCCCCCCCC. The van der Waals surface area contributed by atoms with Crippen LogP contribution in [0.5, 0.6) is 0 Å². The van der Waals surface area contributed by atoms with E-state index in [0.29, 0.717) is 6.42 Å². The number of rotatable bonds is 48. The average Bonchev–Trinajstić information content (AvgIpc) is 3.29. The molecule has 1 amide bonds. The third-order valence-corrected chi connectivity index (χ3v) is 11.8. The zero-order valence-corrected chi connectivity index (χ0v) is 41.6. The second-order valence-corrected chi connectivity index (χ2v) is 17.9. The number of aliphatic hydroxyl groups is 2. The molecule has 4 nitrogen and oxygen atoms in total. The van der Waals surface area contributed by atoms with Crippen molar-refractivity contribution in [1.29, 1.82) is 0 Å². The summed E-state index contributed by atoms with van der Waals surface area (Å²) in [4.78, 5) is 12.4. The molecule has 2 atom stereocenters. The predicted octanol–water partition coefficient (Wildman–Crippen LogP) is 17.7. The fraction of sp³-hybridized carbons (Fsp3) is 0.712. The Balaban J connectivity index is 3.62. The molecule has 0 radical (unpaired) electrons. The summed E-state index contributed by atoms with van der Waals surface area (Å²) >= 11 is 0. The van der Waals surface area contributed by atoms with Gasteiger partial charge in [0, 0.05) is 6.42 Å². The Morgan fingerprint density at radius 1 is 0.397 bits per heavy atom. The number of hydrogen-bond acceptors (Lipinski definition) is 3. The van der Waals surface area contributed by atoms with Crippen LogP contribution in [0.25, 0.3) is 0 Å².